The molecular weight excluding hydrogens is 244 g/mol. The molecule has 1 rings (SSSR count). The number of methoxy groups -OCH3 is 1. The van der Waals surface area contributed by atoms with Gasteiger partial charge in [-0.2, -0.15) is 0 Å². The summed E-state index contributed by atoms with van der Waals surface area (Å²) < 4.78 is 4.97. The van der Waals surface area contributed by atoms with Crippen molar-refractivity contribution in [2.75, 3.05) is 45.7 Å². The molecule has 0 saturated heterocycles. The second kappa shape index (κ2) is 7.26. The zero-order chi connectivity index (χ0) is 12.7. The molecule has 1 aromatic rings. The number of nitrogens with one attached hydrogen (secondary N) is 2. The maximum absolute atomic E-state index is 11.2. The van der Waals surface area contributed by atoms with Crippen LogP contribution in [0.4, 0.5) is 5.82 Å². The van der Waals surface area contributed by atoms with Crippen molar-refractivity contribution in [2.24, 2.45) is 0 Å². The maximum atomic E-state index is 11.2. The minimum atomic E-state index is -0.336. The highest BCUT2D eigenvalue weighted by molar-refractivity contribution is 6.32. The van der Waals surface area contributed by atoms with Crippen LogP contribution in [0.15, 0.2) is 11.1 Å². The van der Waals surface area contributed by atoms with Crippen molar-refractivity contribution in [3.8, 4) is 0 Å². The molecule has 0 bridgehead atoms. The molecule has 0 aromatic carbocycles. The van der Waals surface area contributed by atoms with E-state index in [1.807, 2.05) is 7.05 Å². The Morgan fingerprint density at radius 1 is 1.59 bits per heavy atom. The number of ether oxygens (including phenoxy) is 1. The fourth-order valence-electron chi connectivity index (χ4n) is 1.23. The van der Waals surface area contributed by atoms with Crippen molar-refractivity contribution in [3.63, 3.8) is 0 Å². The summed E-state index contributed by atoms with van der Waals surface area (Å²) in [5.41, 5.74) is -0.336. The second-order valence-corrected chi connectivity index (χ2v) is 4.00. The average Bonchev–Trinajstić information content (AvgIpc) is 2.32. The molecule has 2 N–H and O–H groups in total. The third-order valence-electron chi connectivity index (χ3n) is 2.26. The van der Waals surface area contributed by atoms with Gasteiger partial charge in [0.25, 0.3) is 5.56 Å². The summed E-state index contributed by atoms with van der Waals surface area (Å²) in [5.74, 6) is 0.413. The minimum Gasteiger partial charge on any atom is -0.383 e. The fraction of sp³-hybridized carbons (Fsp3) is 0.600. The van der Waals surface area contributed by atoms with Crippen LogP contribution >= 0.6 is 11.6 Å². The summed E-state index contributed by atoms with van der Waals surface area (Å²) >= 11 is 5.79. The molecule has 6 nitrogen and oxygen atoms in total. The van der Waals surface area contributed by atoms with Gasteiger partial charge in [-0.25, -0.2) is 4.98 Å². The maximum Gasteiger partial charge on any atom is 0.271 e. The SMILES string of the molecule is COCCN(C)CCNc1nc[nH]c(=O)c1Cl. The van der Waals surface area contributed by atoms with Crippen molar-refractivity contribution < 1.29 is 4.74 Å². The minimum absolute atomic E-state index is 0.0899. The highest BCUT2D eigenvalue weighted by atomic mass is 35.5. The van der Waals surface area contributed by atoms with E-state index >= 15 is 0 Å². The Hall–Kier alpha value is -1.11. The van der Waals surface area contributed by atoms with Crippen LogP contribution in [0.5, 0.6) is 0 Å². The van der Waals surface area contributed by atoms with E-state index in [0.717, 1.165) is 13.1 Å². The number of halogens is 1. The zero-order valence-corrected chi connectivity index (χ0v) is 10.8. The molecule has 0 saturated carbocycles. The predicted octanol–water partition coefficient (Wildman–Crippen LogP) is 0.413. The topological polar surface area (TPSA) is 70.2 Å². The van der Waals surface area contributed by atoms with Crippen LogP contribution in [0.1, 0.15) is 0 Å². The highest BCUT2D eigenvalue weighted by Gasteiger charge is 2.05. The Balaban J connectivity index is 2.36. The van der Waals surface area contributed by atoms with Crippen LogP contribution in [0.25, 0.3) is 0 Å². The molecule has 1 aromatic heterocycles. The van der Waals surface area contributed by atoms with Gasteiger partial charge in [0.05, 0.1) is 12.9 Å². The molecule has 96 valence electrons. The lowest BCUT2D eigenvalue weighted by Crippen LogP contribution is -2.28. The Labute approximate surface area is 105 Å². The summed E-state index contributed by atoms with van der Waals surface area (Å²) in [4.78, 5) is 19.7. The first-order valence-electron chi connectivity index (χ1n) is 5.29. The van der Waals surface area contributed by atoms with Gasteiger partial charge in [0.2, 0.25) is 0 Å². The number of H-pyrrole nitrogens is 1. The number of nitrogens with zero attached hydrogens (tertiary/aromatic N) is 2. The van der Waals surface area contributed by atoms with Gasteiger partial charge in [-0.3, -0.25) is 4.79 Å². The molecule has 0 radical (unpaired) electrons. The van der Waals surface area contributed by atoms with Crippen LogP contribution in [-0.2, 0) is 4.74 Å². The molecule has 0 aliphatic carbocycles. The molecule has 7 heteroatoms. The van der Waals surface area contributed by atoms with E-state index in [-0.39, 0.29) is 10.6 Å². The Morgan fingerprint density at radius 2 is 2.35 bits per heavy atom. The monoisotopic (exact) mass is 260 g/mol. The van der Waals surface area contributed by atoms with Crippen LogP contribution in [0.2, 0.25) is 5.02 Å². The van der Waals surface area contributed by atoms with E-state index in [9.17, 15) is 4.79 Å². The lowest BCUT2D eigenvalue weighted by Gasteiger charge is -2.16. The number of hydrogen-bond donors (Lipinski definition) is 2. The third kappa shape index (κ3) is 4.72. The Bertz CT molecular complexity index is 396. The largest absolute Gasteiger partial charge is 0.383 e. The number of aromatic nitrogens is 2. The summed E-state index contributed by atoms with van der Waals surface area (Å²) in [7, 11) is 3.67. The highest BCUT2D eigenvalue weighted by Crippen LogP contribution is 2.11. The van der Waals surface area contributed by atoms with Crippen LogP contribution in [0, 0.1) is 0 Å². The van der Waals surface area contributed by atoms with Gasteiger partial charge >= 0.3 is 0 Å². The average molecular weight is 261 g/mol. The van der Waals surface area contributed by atoms with E-state index in [2.05, 4.69) is 20.2 Å². The molecule has 0 aliphatic heterocycles. The lowest BCUT2D eigenvalue weighted by molar-refractivity contribution is 0.163. The van der Waals surface area contributed by atoms with Crippen LogP contribution in [0.3, 0.4) is 0 Å². The van der Waals surface area contributed by atoms with E-state index in [0.29, 0.717) is 19.0 Å². The van der Waals surface area contributed by atoms with E-state index in [4.69, 9.17) is 16.3 Å². The smallest absolute Gasteiger partial charge is 0.271 e. The first-order chi connectivity index (χ1) is 8.15. The summed E-state index contributed by atoms with van der Waals surface area (Å²) in [6.45, 7) is 3.03. The molecular formula is C10H17ClN4O2. The summed E-state index contributed by atoms with van der Waals surface area (Å²) in [6, 6.07) is 0. The van der Waals surface area contributed by atoms with Crippen molar-refractivity contribution in [1.82, 2.24) is 14.9 Å². The van der Waals surface area contributed by atoms with Crippen LogP contribution < -0.4 is 10.9 Å². The van der Waals surface area contributed by atoms with Gasteiger partial charge in [0.15, 0.2) is 5.82 Å². The number of anilines is 1. The normalized spacial score (nSPS) is 10.8. The van der Waals surface area contributed by atoms with Gasteiger partial charge in [0.1, 0.15) is 5.02 Å². The number of rotatable bonds is 7. The number of likely N-dealkylation sites (N-methyl/N-ethyl adjacent to an activating group) is 1. The first-order valence-corrected chi connectivity index (χ1v) is 5.67. The van der Waals surface area contributed by atoms with E-state index in [1.165, 1.54) is 6.33 Å². The van der Waals surface area contributed by atoms with Crippen molar-refractivity contribution >= 4 is 17.4 Å². The lowest BCUT2D eigenvalue weighted by atomic mass is 10.5. The quantitative estimate of drug-likeness (QED) is 0.743. The first kappa shape index (κ1) is 14.0. The fourth-order valence-corrected chi connectivity index (χ4v) is 1.40. The number of aromatic amines is 1. The van der Waals surface area contributed by atoms with Gasteiger partial charge < -0.3 is 19.9 Å². The molecule has 0 amide bonds. The van der Waals surface area contributed by atoms with Gasteiger partial charge in [0, 0.05) is 26.7 Å². The van der Waals surface area contributed by atoms with E-state index in [1.54, 1.807) is 7.11 Å². The Morgan fingerprint density at radius 3 is 3.06 bits per heavy atom. The zero-order valence-electron chi connectivity index (χ0n) is 9.99. The molecule has 0 aliphatic rings. The summed E-state index contributed by atoms with van der Waals surface area (Å²) in [5, 5.41) is 3.11. The molecule has 0 unspecified atom stereocenters. The predicted molar refractivity (Wildman–Crippen MR) is 67.7 cm³/mol. The van der Waals surface area contributed by atoms with Crippen molar-refractivity contribution in [1.29, 1.82) is 0 Å². The molecule has 0 fully saturated rings. The van der Waals surface area contributed by atoms with Crippen molar-refractivity contribution in [3.05, 3.63) is 21.7 Å². The van der Waals surface area contributed by atoms with Crippen molar-refractivity contribution in [2.45, 2.75) is 0 Å². The summed E-state index contributed by atoms with van der Waals surface area (Å²) in [6.07, 6.45) is 1.32. The molecule has 1 heterocycles. The second-order valence-electron chi connectivity index (χ2n) is 3.62. The molecule has 0 spiro atoms. The standard InChI is InChI=1S/C10H17ClN4O2/c1-15(5-6-17-2)4-3-12-9-8(11)10(16)14-7-13-9/h7H,3-6H2,1-2H3,(H2,12,13,14,16). The number of hydrogen-bond acceptors (Lipinski definition) is 5. The third-order valence-corrected chi connectivity index (χ3v) is 2.61. The van der Waals surface area contributed by atoms with Gasteiger partial charge in [-0.05, 0) is 7.05 Å². The molecule has 0 atom stereocenters. The Kier molecular flexibility index (Phi) is 5.96. The van der Waals surface area contributed by atoms with Gasteiger partial charge in [-0.15, -0.1) is 0 Å². The van der Waals surface area contributed by atoms with E-state index < -0.39 is 0 Å². The van der Waals surface area contributed by atoms with Gasteiger partial charge in [-0.1, -0.05) is 11.6 Å². The molecule has 17 heavy (non-hydrogen) atoms. The van der Waals surface area contributed by atoms with Crippen LogP contribution in [-0.4, -0.2) is 55.3 Å².